The van der Waals surface area contributed by atoms with Crippen molar-refractivity contribution in [3.05, 3.63) is 28.5 Å². The largest absolute Gasteiger partial charge is 0.378 e. The van der Waals surface area contributed by atoms with Gasteiger partial charge in [0, 0.05) is 17.6 Å². The Morgan fingerprint density at radius 1 is 1.39 bits per heavy atom. The predicted octanol–water partition coefficient (Wildman–Crippen LogP) is 1.80. The number of imidazole rings is 1. The van der Waals surface area contributed by atoms with Crippen molar-refractivity contribution in [2.45, 2.75) is 0 Å². The molecule has 18 heavy (non-hydrogen) atoms. The lowest BCUT2D eigenvalue weighted by Gasteiger charge is -2.25. The average Bonchev–Trinajstić information content (AvgIpc) is 2.81. The number of morpholine rings is 1. The molecule has 0 saturated carbocycles. The Hall–Kier alpha value is -1.40. The first-order valence-electron chi connectivity index (χ1n) is 5.76. The monoisotopic (exact) mass is 309 g/mol. The summed E-state index contributed by atoms with van der Waals surface area (Å²) in [6.45, 7) is 2.44. The van der Waals surface area contributed by atoms with Crippen LogP contribution < -0.4 is 0 Å². The molecule has 0 aliphatic carbocycles. The number of halogens is 1. The highest BCUT2D eigenvalue weighted by molar-refractivity contribution is 9.10. The second-order valence-corrected chi connectivity index (χ2v) is 5.07. The lowest BCUT2D eigenvalue weighted by atomic mass is 10.3. The van der Waals surface area contributed by atoms with Gasteiger partial charge in [-0.3, -0.25) is 4.79 Å². The normalized spacial score (nSPS) is 16.2. The van der Waals surface area contributed by atoms with E-state index < -0.39 is 0 Å². The van der Waals surface area contributed by atoms with Crippen LogP contribution in [0, 0.1) is 0 Å². The minimum absolute atomic E-state index is 0.0642. The van der Waals surface area contributed by atoms with Gasteiger partial charge in [-0.05, 0) is 18.2 Å². The summed E-state index contributed by atoms with van der Waals surface area (Å²) in [5.41, 5.74) is 1.66. The summed E-state index contributed by atoms with van der Waals surface area (Å²) in [6.07, 6.45) is 0. The first kappa shape index (κ1) is 11.7. The highest BCUT2D eigenvalue weighted by Gasteiger charge is 2.21. The third-order valence-corrected chi connectivity index (χ3v) is 3.44. The summed E-state index contributed by atoms with van der Waals surface area (Å²) in [7, 11) is 0. The fourth-order valence-electron chi connectivity index (χ4n) is 2.00. The first-order chi connectivity index (χ1) is 8.74. The van der Waals surface area contributed by atoms with Gasteiger partial charge in [0.05, 0.1) is 24.2 Å². The van der Waals surface area contributed by atoms with Crippen molar-refractivity contribution in [2.75, 3.05) is 26.3 Å². The molecule has 1 saturated heterocycles. The molecule has 0 unspecified atom stereocenters. The fourth-order valence-corrected chi connectivity index (χ4v) is 2.36. The zero-order chi connectivity index (χ0) is 12.5. The van der Waals surface area contributed by atoms with Crippen molar-refractivity contribution in [3.8, 4) is 0 Å². The Morgan fingerprint density at radius 2 is 2.17 bits per heavy atom. The molecule has 6 heteroatoms. The molecule has 94 valence electrons. The molecule has 2 heterocycles. The zero-order valence-electron chi connectivity index (χ0n) is 9.65. The van der Waals surface area contributed by atoms with Crippen molar-refractivity contribution in [3.63, 3.8) is 0 Å². The molecule has 3 rings (SSSR count). The molecule has 1 aromatic carbocycles. The van der Waals surface area contributed by atoms with Crippen molar-refractivity contribution in [1.82, 2.24) is 14.9 Å². The van der Waals surface area contributed by atoms with Gasteiger partial charge in [-0.2, -0.15) is 0 Å². The molecule has 1 aliphatic heterocycles. The van der Waals surface area contributed by atoms with E-state index in [2.05, 4.69) is 25.9 Å². The SMILES string of the molecule is O=C(c1nc2ccc(Br)cc2[nH]1)N1CCOCC1. The number of carbonyl (C=O) groups excluding carboxylic acids is 1. The average molecular weight is 310 g/mol. The molecule has 0 atom stereocenters. The van der Waals surface area contributed by atoms with E-state index >= 15 is 0 Å². The smallest absolute Gasteiger partial charge is 0.289 e. The maximum Gasteiger partial charge on any atom is 0.289 e. The molecule has 5 nitrogen and oxygen atoms in total. The van der Waals surface area contributed by atoms with E-state index in [-0.39, 0.29) is 5.91 Å². The topological polar surface area (TPSA) is 58.2 Å². The van der Waals surface area contributed by atoms with Gasteiger partial charge in [0.2, 0.25) is 0 Å². The standard InChI is InChI=1S/C12H12BrN3O2/c13-8-1-2-9-10(7-8)15-11(14-9)12(17)16-3-5-18-6-4-16/h1-2,7H,3-6H2,(H,14,15). The van der Waals surface area contributed by atoms with Gasteiger partial charge in [-0.15, -0.1) is 0 Å². The summed E-state index contributed by atoms with van der Waals surface area (Å²) in [4.78, 5) is 21.4. The summed E-state index contributed by atoms with van der Waals surface area (Å²) in [5, 5.41) is 0. The van der Waals surface area contributed by atoms with E-state index in [0.717, 1.165) is 15.5 Å². The predicted molar refractivity (Wildman–Crippen MR) is 70.5 cm³/mol. The van der Waals surface area contributed by atoms with Gasteiger partial charge in [-0.25, -0.2) is 4.98 Å². The van der Waals surface area contributed by atoms with E-state index in [1.165, 1.54) is 0 Å². The van der Waals surface area contributed by atoms with E-state index in [4.69, 9.17) is 4.74 Å². The van der Waals surface area contributed by atoms with E-state index in [1.54, 1.807) is 4.90 Å². The molecule has 1 aromatic heterocycles. The number of aromatic nitrogens is 2. The van der Waals surface area contributed by atoms with Gasteiger partial charge in [-0.1, -0.05) is 15.9 Å². The van der Waals surface area contributed by atoms with Crippen molar-refractivity contribution < 1.29 is 9.53 Å². The number of aromatic amines is 1. The molecular formula is C12H12BrN3O2. The third kappa shape index (κ3) is 2.13. The second-order valence-electron chi connectivity index (χ2n) is 4.15. The first-order valence-corrected chi connectivity index (χ1v) is 6.55. The number of amides is 1. The van der Waals surface area contributed by atoms with Crippen LogP contribution in [0.25, 0.3) is 11.0 Å². The van der Waals surface area contributed by atoms with Crippen LogP contribution in [0.15, 0.2) is 22.7 Å². The lowest BCUT2D eigenvalue weighted by Crippen LogP contribution is -2.41. The molecule has 1 N–H and O–H groups in total. The maximum absolute atomic E-state index is 12.2. The van der Waals surface area contributed by atoms with Crippen LogP contribution in [0.2, 0.25) is 0 Å². The molecule has 1 aliphatic rings. The van der Waals surface area contributed by atoms with Crippen molar-refractivity contribution in [2.24, 2.45) is 0 Å². The van der Waals surface area contributed by atoms with Gasteiger partial charge < -0.3 is 14.6 Å². The Bertz CT molecular complexity index is 590. The number of hydrogen-bond acceptors (Lipinski definition) is 3. The van der Waals surface area contributed by atoms with Crippen LogP contribution in [0.1, 0.15) is 10.6 Å². The molecule has 0 bridgehead atoms. The Balaban J connectivity index is 1.91. The van der Waals surface area contributed by atoms with Gasteiger partial charge >= 0.3 is 0 Å². The van der Waals surface area contributed by atoms with Crippen LogP contribution in [-0.2, 0) is 4.74 Å². The third-order valence-electron chi connectivity index (χ3n) is 2.94. The van der Waals surface area contributed by atoms with Crippen LogP contribution in [0.3, 0.4) is 0 Å². The van der Waals surface area contributed by atoms with Gasteiger partial charge in [0.1, 0.15) is 0 Å². The summed E-state index contributed by atoms with van der Waals surface area (Å²) < 4.78 is 6.19. The molecule has 1 fully saturated rings. The van der Waals surface area contributed by atoms with Crippen molar-refractivity contribution in [1.29, 1.82) is 0 Å². The second kappa shape index (κ2) is 4.70. The van der Waals surface area contributed by atoms with Gasteiger partial charge in [0.15, 0.2) is 5.82 Å². The fraction of sp³-hybridized carbons (Fsp3) is 0.333. The number of fused-ring (bicyclic) bond motifs is 1. The minimum atomic E-state index is -0.0642. The highest BCUT2D eigenvalue weighted by atomic mass is 79.9. The summed E-state index contributed by atoms with van der Waals surface area (Å²) >= 11 is 3.40. The quantitative estimate of drug-likeness (QED) is 0.874. The van der Waals surface area contributed by atoms with E-state index in [9.17, 15) is 4.79 Å². The lowest BCUT2D eigenvalue weighted by molar-refractivity contribution is 0.0296. The minimum Gasteiger partial charge on any atom is -0.378 e. The highest BCUT2D eigenvalue weighted by Crippen LogP contribution is 2.18. The summed E-state index contributed by atoms with van der Waals surface area (Å²) in [5.74, 6) is 0.329. The zero-order valence-corrected chi connectivity index (χ0v) is 11.2. The Morgan fingerprint density at radius 3 is 2.94 bits per heavy atom. The molecule has 2 aromatic rings. The maximum atomic E-state index is 12.2. The Kier molecular flexibility index (Phi) is 3.05. The Labute approximate surface area is 112 Å². The number of benzene rings is 1. The number of carbonyl (C=O) groups is 1. The van der Waals surface area contributed by atoms with Crippen LogP contribution in [-0.4, -0.2) is 47.1 Å². The summed E-state index contributed by atoms with van der Waals surface area (Å²) in [6, 6.07) is 5.70. The number of nitrogens with one attached hydrogen (secondary N) is 1. The molecular weight excluding hydrogens is 298 g/mol. The van der Waals surface area contributed by atoms with Crippen molar-refractivity contribution >= 4 is 32.9 Å². The van der Waals surface area contributed by atoms with Crippen LogP contribution in [0.4, 0.5) is 0 Å². The van der Waals surface area contributed by atoms with E-state index in [0.29, 0.717) is 32.1 Å². The molecule has 0 radical (unpaired) electrons. The van der Waals surface area contributed by atoms with Crippen LogP contribution >= 0.6 is 15.9 Å². The van der Waals surface area contributed by atoms with Crippen LogP contribution in [0.5, 0.6) is 0 Å². The number of ether oxygens (including phenoxy) is 1. The molecule has 1 amide bonds. The number of rotatable bonds is 1. The van der Waals surface area contributed by atoms with E-state index in [1.807, 2.05) is 18.2 Å². The van der Waals surface area contributed by atoms with Gasteiger partial charge in [0.25, 0.3) is 5.91 Å². The number of nitrogens with zero attached hydrogens (tertiary/aromatic N) is 2. The molecule has 0 spiro atoms. The number of H-pyrrole nitrogens is 1. The number of hydrogen-bond donors (Lipinski definition) is 1.